The Morgan fingerprint density at radius 3 is 2.53 bits per heavy atom. The van der Waals surface area contributed by atoms with Crippen LogP contribution in [0.2, 0.25) is 0 Å². The minimum Gasteiger partial charge on any atom is -0.491 e. The SMILES string of the molecule is CC(C)Oc1ccc(CCC(=O)c2cccs2)cc1. The lowest BCUT2D eigenvalue weighted by atomic mass is 10.1. The number of benzene rings is 1. The van der Waals surface area contributed by atoms with Gasteiger partial charge in [0.2, 0.25) is 0 Å². The van der Waals surface area contributed by atoms with Gasteiger partial charge in [0.05, 0.1) is 11.0 Å². The maximum atomic E-state index is 11.9. The highest BCUT2D eigenvalue weighted by Crippen LogP contribution is 2.17. The zero-order valence-electron chi connectivity index (χ0n) is 11.3. The van der Waals surface area contributed by atoms with E-state index in [-0.39, 0.29) is 11.9 Å². The summed E-state index contributed by atoms with van der Waals surface area (Å²) in [5, 5.41) is 1.94. The molecule has 1 heterocycles. The van der Waals surface area contributed by atoms with Gasteiger partial charge in [0, 0.05) is 6.42 Å². The number of carbonyl (C=O) groups is 1. The predicted molar refractivity (Wildman–Crippen MR) is 79.2 cm³/mol. The molecule has 19 heavy (non-hydrogen) atoms. The van der Waals surface area contributed by atoms with Crippen LogP contribution in [0.3, 0.4) is 0 Å². The summed E-state index contributed by atoms with van der Waals surface area (Å²) in [6.07, 6.45) is 1.52. The Bertz CT molecular complexity index is 512. The van der Waals surface area contributed by atoms with Crippen LogP contribution in [0.25, 0.3) is 0 Å². The first-order valence-corrected chi connectivity index (χ1v) is 7.35. The zero-order chi connectivity index (χ0) is 13.7. The van der Waals surface area contributed by atoms with Crippen molar-refractivity contribution in [2.75, 3.05) is 0 Å². The standard InChI is InChI=1S/C16H18O2S/c1-12(2)18-14-8-5-13(6-9-14)7-10-15(17)16-4-3-11-19-16/h3-6,8-9,11-12H,7,10H2,1-2H3. The second kappa shape index (κ2) is 6.53. The summed E-state index contributed by atoms with van der Waals surface area (Å²) in [5.41, 5.74) is 1.17. The van der Waals surface area contributed by atoms with Gasteiger partial charge >= 0.3 is 0 Å². The highest BCUT2D eigenvalue weighted by Gasteiger charge is 2.07. The van der Waals surface area contributed by atoms with Gasteiger partial charge < -0.3 is 4.74 Å². The Morgan fingerprint density at radius 2 is 1.95 bits per heavy atom. The molecule has 0 atom stereocenters. The van der Waals surface area contributed by atoms with E-state index < -0.39 is 0 Å². The van der Waals surface area contributed by atoms with Gasteiger partial charge in [-0.15, -0.1) is 11.3 Å². The van der Waals surface area contributed by atoms with Crippen molar-refractivity contribution in [3.05, 3.63) is 52.2 Å². The number of carbonyl (C=O) groups excluding carboxylic acids is 1. The summed E-state index contributed by atoms with van der Waals surface area (Å²) in [5.74, 6) is 1.10. The van der Waals surface area contributed by atoms with Crippen LogP contribution in [0, 0.1) is 0 Å². The van der Waals surface area contributed by atoms with Crippen LogP contribution < -0.4 is 4.74 Å². The van der Waals surface area contributed by atoms with E-state index in [1.807, 2.05) is 55.6 Å². The molecular weight excluding hydrogens is 256 g/mol. The van der Waals surface area contributed by atoms with E-state index in [0.717, 1.165) is 17.0 Å². The molecule has 0 saturated carbocycles. The Balaban J connectivity index is 1.88. The largest absolute Gasteiger partial charge is 0.491 e. The molecule has 2 aromatic rings. The fourth-order valence-corrected chi connectivity index (χ4v) is 2.52. The van der Waals surface area contributed by atoms with Crippen molar-refractivity contribution >= 4 is 17.1 Å². The normalized spacial score (nSPS) is 10.7. The van der Waals surface area contributed by atoms with E-state index in [4.69, 9.17) is 4.74 Å². The molecule has 0 amide bonds. The Labute approximate surface area is 118 Å². The average Bonchev–Trinajstić information content (AvgIpc) is 2.91. The van der Waals surface area contributed by atoms with Crippen LogP contribution in [-0.2, 0) is 6.42 Å². The highest BCUT2D eigenvalue weighted by atomic mass is 32.1. The molecule has 0 unspecified atom stereocenters. The van der Waals surface area contributed by atoms with Gasteiger partial charge in [-0.2, -0.15) is 0 Å². The molecule has 0 aliphatic carbocycles. The third kappa shape index (κ3) is 4.21. The first kappa shape index (κ1) is 13.8. The monoisotopic (exact) mass is 274 g/mol. The summed E-state index contributed by atoms with van der Waals surface area (Å²) >= 11 is 1.51. The van der Waals surface area contributed by atoms with Gasteiger partial charge in [0.15, 0.2) is 5.78 Å². The first-order valence-electron chi connectivity index (χ1n) is 6.47. The molecule has 0 fully saturated rings. The quantitative estimate of drug-likeness (QED) is 0.732. The Kier molecular flexibility index (Phi) is 4.74. The van der Waals surface area contributed by atoms with Gasteiger partial charge in [-0.1, -0.05) is 18.2 Å². The maximum Gasteiger partial charge on any atom is 0.173 e. The molecule has 0 aliphatic heterocycles. The fourth-order valence-electron chi connectivity index (χ4n) is 1.83. The maximum absolute atomic E-state index is 11.9. The van der Waals surface area contributed by atoms with Crippen LogP contribution in [0.5, 0.6) is 5.75 Å². The van der Waals surface area contributed by atoms with E-state index in [1.54, 1.807) is 0 Å². The number of ether oxygens (including phenoxy) is 1. The van der Waals surface area contributed by atoms with Crippen LogP contribution in [0.4, 0.5) is 0 Å². The van der Waals surface area contributed by atoms with Crippen LogP contribution >= 0.6 is 11.3 Å². The van der Waals surface area contributed by atoms with Gasteiger partial charge in [-0.3, -0.25) is 4.79 Å². The van der Waals surface area contributed by atoms with Gasteiger partial charge in [-0.25, -0.2) is 0 Å². The lowest BCUT2D eigenvalue weighted by Gasteiger charge is -2.09. The van der Waals surface area contributed by atoms with Crippen molar-refractivity contribution in [2.24, 2.45) is 0 Å². The molecule has 0 aliphatic rings. The second-order valence-electron chi connectivity index (χ2n) is 4.71. The summed E-state index contributed by atoms with van der Waals surface area (Å²) < 4.78 is 5.59. The molecule has 2 nitrogen and oxygen atoms in total. The molecule has 1 aromatic heterocycles. The summed E-state index contributed by atoms with van der Waals surface area (Å²) in [6.45, 7) is 4.02. The fraction of sp³-hybridized carbons (Fsp3) is 0.312. The van der Waals surface area contributed by atoms with Crippen LogP contribution in [0.1, 0.15) is 35.5 Å². The molecule has 0 spiro atoms. The number of Topliss-reactive ketones (excluding diaryl/α,β-unsaturated/α-hetero) is 1. The van der Waals surface area contributed by atoms with Crippen molar-refractivity contribution < 1.29 is 9.53 Å². The number of ketones is 1. The summed E-state index contributed by atoms with van der Waals surface area (Å²) in [4.78, 5) is 12.7. The third-order valence-electron chi connectivity index (χ3n) is 2.73. The molecule has 0 radical (unpaired) electrons. The van der Waals surface area contributed by atoms with Crippen molar-refractivity contribution in [3.8, 4) is 5.75 Å². The van der Waals surface area contributed by atoms with E-state index in [2.05, 4.69) is 0 Å². The molecule has 100 valence electrons. The number of hydrogen-bond donors (Lipinski definition) is 0. The van der Waals surface area contributed by atoms with Crippen LogP contribution in [0.15, 0.2) is 41.8 Å². The van der Waals surface area contributed by atoms with Crippen molar-refractivity contribution in [1.82, 2.24) is 0 Å². The molecule has 0 bridgehead atoms. The first-order chi connectivity index (χ1) is 9.15. The molecule has 0 saturated heterocycles. The van der Waals surface area contributed by atoms with Crippen LogP contribution in [-0.4, -0.2) is 11.9 Å². The molecule has 2 rings (SSSR count). The number of hydrogen-bond acceptors (Lipinski definition) is 3. The molecule has 0 N–H and O–H groups in total. The van der Waals surface area contributed by atoms with E-state index in [9.17, 15) is 4.79 Å². The topological polar surface area (TPSA) is 26.3 Å². The molecular formula is C16H18O2S. The van der Waals surface area contributed by atoms with E-state index in [0.29, 0.717) is 6.42 Å². The van der Waals surface area contributed by atoms with E-state index in [1.165, 1.54) is 16.9 Å². The predicted octanol–water partition coefficient (Wildman–Crippen LogP) is 4.35. The lowest BCUT2D eigenvalue weighted by Crippen LogP contribution is -2.05. The summed E-state index contributed by atoms with van der Waals surface area (Å²) in [6, 6.07) is 11.8. The smallest absolute Gasteiger partial charge is 0.173 e. The molecule has 3 heteroatoms. The summed E-state index contributed by atoms with van der Waals surface area (Å²) in [7, 11) is 0. The number of thiophene rings is 1. The number of rotatable bonds is 6. The van der Waals surface area contributed by atoms with Crippen molar-refractivity contribution in [3.63, 3.8) is 0 Å². The Hall–Kier alpha value is -1.61. The minimum atomic E-state index is 0.186. The highest BCUT2D eigenvalue weighted by molar-refractivity contribution is 7.12. The van der Waals surface area contributed by atoms with E-state index >= 15 is 0 Å². The molecule has 1 aromatic carbocycles. The minimum absolute atomic E-state index is 0.186. The Morgan fingerprint density at radius 1 is 1.21 bits per heavy atom. The second-order valence-corrected chi connectivity index (χ2v) is 5.66. The average molecular weight is 274 g/mol. The third-order valence-corrected chi connectivity index (χ3v) is 3.64. The van der Waals surface area contributed by atoms with Gasteiger partial charge in [-0.05, 0) is 49.4 Å². The zero-order valence-corrected chi connectivity index (χ0v) is 12.1. The van der Waals surface area contributed by atoms with Gasteiger partial charge in [0.25, 0.3) is 0 Å². The number of aryl methyl sites for hydroxylation is 1. The van der Waals surface area contributed by atoms with Gasteiger partial charge in [0.1, 0.15) is 5.75 Å². The lowest BCUT2D eigenvalue weighted by molar-refractivity contribution is 0.0987. The van der Waals surface area contributed by atoms with Crippen molar-refractivity contribution in [1.29, 1.82) is 0 Å². The van der Waals surface area contributed by atoms with Crippen molar-refractivity contribution in [2.45, 2.75) is 32.8 Å².